The number of likely N-dealkylation sites (tertiary alicyclic amines) is 1. The number of alkyl halides is 1. The van der Waals surface area contributed by atoms with Gasteiger partial charge in [0.25, 0.3) is 0 Å². The third-order valence-electron chi connectivity index (χ3n) is 3.58. The molecule has 5 nitrogen and oxygen atoms in total. The maximum absolute atomic E-state index is 13.7. The molecule has 0 unspecified atom stereocenters. The third kappa shape index (κ3) is 3.29. The van der Waals surface area contributed by atoms with E-state index in [9.17, 15) is 9.18 Å². The molecule has 2 aliphatic heterocycles. The van der Waals surface area contributed by atoms with Gasteiger partial charge in [-0.1, -0.05) is 0 Å². The number of hydrogen-bond acceptors (Lipinski definition) is 3. The molecular weight excluding hydrogens is 227 g/mol. The highest BCUT2D eigenvalue weighted by molar-refractivity contribution is 5.64. The van der Waals surface area contributed by atoms with Gasteiger partial charge in [-0.2, -0.15) is 0 Å². The fourth-order valence-electron chi connectivity index (χ4n) is 2.65. The van der Waals surface area contributed by atoms with Crippen molar-refractivity contribution in [2.75, 3.05) is 26.3 Å². The van der Waals surface area contributed by atoms with Crippen LogP contribution in [0, 0.1) is 0 Å². The SMILES string of the molecule is O=C(O)NC1CCN([C@@H]2CCOC[C@H]2F)CC1. The van der Waals surface area contributed by atoms with Gasteiger partial charge >= 0.3 is 6.09 Å². The van der Waals surface area contributed by atoms with Crippen molar-refractivity contribution in [3.63, 3.8) is 0 Å². The monoisotopic (exact) mass is 246 g/mol. The van der Waals surface area contributed by atoms with Gasteiger partial charge in [0.05, 0.1) is 6.61 Å². The zero-order valence-corrected chi connectivity index (χ0v) is 9.77. The van der Waals surface area contributed by atoms with E-state index in [1.165, 1.54) is 0 Å². The standard InChI is InChI=1S/C11H19FN2O3/c12-9-7-17-6-3-10(9)14-4-1-8(2-5-14)13-11(15)16/h8-10,13H,1-7H2,(H,15,16)/t9-,10-/m1/s1. The Morgan fingerprint density at radius 3 is 2.65 bits per heavy atom. The molecule has 2 fully saturated rings. The fraction of sp³-hybridized carbons (Fsp3) is 0.909. The van der Waals surface area contributed by atoms with Gasteiger partial charge in [0.1, 0.15) is 6.17 Å². The Bertz CT molecular complexity index is 269. The summed E-state index contributed by atoms with van der Waals surface area (Å²) in [5.41, 5.74) is 0. The summed E-state index contributed by atoms with van der Waals surface area (Å²) in [5, 5.41) is 11.1. The predicted octanol–water partition coefficient (Wildman–Crippen LogP) is 0.845. The molecule has 2 rings (SSSR count). The molecule has 0 spiro atoms. The van der Waals surface area contributed by atoms with E-state index in [1.54, 1.807) is 0 Å². The van der Waals surface area contributed by atoms with Gasteiger partial charge in [0.2, 0.25) is 0 Å². The Balaban J connectivity index is 1.79. The molecule has 17 heavy (non-hydrogen) atoms. The molecule has 0 radical (unpaired) electrons. The number of carboxylic acid groups (broad SMARTS) is 1. The molecule has 6 heteroatoms. The van der Waals surface area contributed by atoms with E-state index in [-0.39, 0.29) is 18.7 Å². The van der Waals surface area contributed by atoms with Crippen LogP contribution < -0.4 is 5.32 Å². The molecule has 2 atom stereocenters. The highest BCUT2D eigenvalue weighted by atomic mass is 19.1. The summed E-state index contributed by atoms with van der Waals surface area (Å²) < 4.78 is 18.7. The number of carbonyl (C=O) groups is 1. The first kappa shape index (κ1) is 12.6. The molecule has 2 aliphatic rings. The van der Waals surface area contributed by atoms with Gasteiger partial charge in [-0.25, -0.2) is 9.18 Å². The van der Waals surface area contributed by atoms with Crippen LogP contribution in [0.15, 0.2) is 0 Å². The van der Waals surface area contributed by atoms with Gasteiger partial charge < -0.3 is 15.2 Å². The average molecular weight is 246 g/mol. The van der Waals surface area contributed by atoms with Crippen LogP contribution in [0.1, 0.15) is 19.3 Å². The largest absolute Gasteiger partial charge is 0.465 e. The van der Waals surface area contributed by atoms with E-state index in [0.717, 1.165) is 32.4 Å². The summed E-state index contributed by atoms with van der Waals surface area (Å²) in [6.07, 6.45) is 0.371. The summed E-state index contributed by atoms with van der Waals surface area (Å²) >= 11 is 0. The van der Waals surface area contributed by atoms with Crippen molar-refractivity contribution >= 4 is 6.09 Å². The summed E-state index contributed by atoms with van der Waals surface area (Å²) in [6, 6.07) is -0.0313. The molecule has 2 N–H and O–H groups in total. The Hall–Kier alpha value is -0.880. The van der Waals surface area contributed by atoms with Gasteiger partial charge in [0.15, 0.2) is 0 Å². The van der Waals surface area contributed by atoms with Gasteiger partial charge in [0, 0.05) is 31.8 Å². The number of ether oxygens (including phenoxy) is 1. The number of piperidine rings is 1. The molecule has 1 amide bonds. The van der Waals surface area contributed by atoms with Crippen molar-refractivity contribution in [2.24, 2.45) is 0 Å². The van der Waals surface area contributed by atoms with Crippen LogP contribution in [-0.4, -0.2) is 60.7 Å². The summed E-state index contributed by atoms with van der Waals surface area (Å²) in [6.45, 7) is 2.34. The maximum atomic E-state index is 13.7. The van der Waals surface area contributed by atoms with Crippen molar-refractivity contribution in [1.29, 1.82) is 0 Å². The molecule has 0 saturated carbocycles. The highest BCUT2D eigenvalue weighted by Gasteiger charge is 2.33. The first-order valence-electron chi connectivity index (χ1n) is 6.12. The normalized spacial score (nSPS) is 32.3. The van der Waals surface area contributed by atoms with Crippen molar-refractivity contribution in [1.82, 2.24) is 10.2 Å². The lowest BCUT2D eigenvalue weighted by atomic mass is 9.99. The number of halogens is 1. The van der Waals surface area contributed by atoms with Crippen LogP contribution in [0.2, 0.25) is 0 Å². The predicted molar refractivity (Wildman–Crippen MR) is 59.9 cm³/mol. The van der Waals surface area contributed by atoms with Gasteiger partial charge in [-0.15, -0.1) is 0 Å². The Morgan fingerprint density at radius 2 is 2.06 bits per heavy atom. The lowest BCUT2D eigenvalue weighted by Gasteiger charge is -2.40. The van der Waals surface area contributed by atoms with E-state index >= 15 is 0 Å². The Kier molecular flexibility index (Phi) is 4.17. The fourth-order valence-corrected chi connectivity index (χ4v) is 2.65. The molecule has 0 bridgehead atoms. The molecule has 2 saturated heterocycles. The quantitative estimate of drug-likeness (QED) is 0.758. The van der Waals surface area contributed by atoms with E-state index in [0.29, 0.717) is 6.61 Å². The van der Waals surface area contributed by atoms with E-state index in [4.69, 9.17) is 9.84 Å². The first-order valence-corrected chi connectivity index (χ1v) is 6.12. The van der Waals surface area contributed by atoms with Gasteiger partial charge in [-0.3, -0.25) is 4.90 Å². The van der Waals surface area contributed by atoms with E-state index in [2.05, 4.69) is 10.2 Å². The summed E-state index contributed by atoms with van der Waals surface area (Å²) in [7, 11) is 0. The smallest absolute Gasteiger partial charge is 0.404 e. The topological polar surface area (TPSA) is 61.8 Å². The number of rotatable bonds is 2. The second-order valence-corrected chi connectivity index (χ2v) is 4.71. The third-order valence-corrected chi connectivity index (χ3v) is 3.58. The zero-order valence-electron chi connectivity index (χ0n) is 9.77. The van der Waals surface area contributed by atoms with Crippen LogP contribution in [0.4, 0.5) is 9.18 Å². The first-order chi connectivity index (χ1) is 8.16. The van der Waals surface area contributed by atoms with Crippen molar-refractivity contribution < 1.29 is 19.0 Å². The van der Waals surface area contributed by atoms with Gasteiger partial charge in [-0.05, 0) is 19.3 Å². The second-order valence-electron chi connectivity index (χ2n) is 4.71. The lowest BCUT2D eigenvalue weighted by Crippen LogP contribution is -2.52. The van der Waals surface area contributed by atoms with Crippen molar-refractivity contribution in [3.8, 4) is 0 Å². The number of amides is 1. The van der Waals surface area contributed by atoms with Crippen LogP contribution in [0.25, 0.3) is 0 Å². The second kappa shape index (κ2) is 5.64. The molecule has 0 aromatic carbocycles. The Labute approximate surface area is 99.9 Å². The van der Waals surface area contributed by atoms with Crippen LogP contribution in [0.3, 0.4) is 0 Å². The van der Waals surface area contributed by atoms with E-state index in [1.807, 2.05) is 0 Å². The van der Waals surface area contributed by atoms with Crippen LogP contribution in [0.5, 0.6) is 0 Å². The minimum atomic E-state index is -0.974. The molecule has 2 heterocycles. The zero-order chi connectivity index (χ0) is 12.3. The maximum Gasteiger partial charge on any atom is 0.404 e. The van der Waals surface area contributed by atoms with E-state index < -0.39 is 12.3 Å². The van der Waals surface area contributed by atoms with Crippen LogP contribution in [-0.2, 0) is 4.74 Å². The minimum absolute atomic E-state index is 0.0154. The number of hydrogen-bond donors (Lipinski definition) is 2. The van der Waals surface area contributed by atoms with Crippen LogP contribution >= 0.6 is 0 Å². The Morgan fingerprint density at radius 1 is 1.35 bits per heavy atom. The molecule has 0 aromatic rings. The number of nitrogens with zero attached hydrogens (tertiary/aromatic N) is 1. The van der Waals surface area contributed by atoms with Crippen molar-refractivity contribution in [2.45, 2.75) is 37.5 Å². The van der Waals surface area contributed by atoms with Crippen molar-refractivity contribution in [3.05, 3.63) is 0 Å². The molecule has 0 aliphatic carbocycles. The summed E-state index contributed by atoms with van der Waals surface area (Å²) in [5.74, 6) is 0. The number of nitrogens with one attached hydrogen (secondary N) is 1. The average Bonchev–Trinajstić information content (AvgIpc) is 2.30. The highest BCUT2D eigenvalue weighted by Crippen LogP contribution is 2.22. The minimum Gasteiger partial charge on any atom is -0.465 e. The molecule has 98 valence electrons. The lowest BCUT2D eigenvalue weighted by molar-refractivity contribution is -0.0344. The molecule has 0 aromatic heterocycles. The summed E-state index contributed by atoms with van der Waals surface area (Å²) in [4.78, 5) is 12.6. The molecular formula is C11H19FN2O3.